The van der Waals surface area contributed by atoms with Crippen LogP contribution in [0.2, 0.25) is 0 Å². The van der Waals surface area contributed by atoms with Crippen LogP contribution < -0.4 is 0 Å². The second kappa shape index (κ2) is 5.24. The molecule has 0 saturated carbocycles. The van der Waals surface area contributed by atoms with Crippen molar-refractivity contribution in [3.63, 3.8) is 0 Å². The molecule has 0 fully saturated rings. The lowest BCUT2D eigenvalue weighted by molar-refractivity contribution is 0.134. The zero-order valence-corrected chi connectivity index (χ0v) is 10.8. The van der Waals surface area contributed by atoms with Crippen molar-refractivity contribution in [2.24, 2.45) is 5.92 Å². The second-order valence-electron chi connectivity index (χ2n) is 4.99. The zero-order valence-electron chi connectivity index (χ0n) is 10.0. The highest BCUT2D eigenvalue weighted by molar-refractivity contribution is 7.99. The Bertz CT molecular complexity index is 348. The third-order valence-electron chi connectivity index (χ3n) is 3.24. The van der Waals surface area contributed by atoms with Gasteiger partial charge in [-0.3, -0.25) is 0 Å². The molecule has 0 amide bonds. The van der Waals surface area contributed by atoms with E-state index in [1.54, 1.807) is 0 Å². The Labute approximate surface area is 102 Å². The molecule has 2 atom stereocenters. The van der Waals surface area contributed by atoms with E-state index in [-0.39, 0.29) is 6.10 Å². The fraction of sp³-hybridized carbons (Fsp3) is 0.571. The molecule has 1 nitrogen and oxygen atoms in total. The summed E-state index contributed by atoms with van der Waals surface area (Å²) in [5.74, 6) is 2.07. The Morgan fingerprint density at radius 2 is 2.06 bits per heavy atom. The van der Waals surface area contributed by atoms with Gasteiger partial charge in [0.1, 0.15) is 0 Å². The van der Waals surface area contributed by atoms with Gasteiger partial charge in [-0.05, 0) is 30.4 Å². The van der Waals surface area contributed by atoms with E-state index in [4.69, 9.17) is 0 Å². The van der Waals surface area contributed by atoms with Crippen molar-refractivity contribution in [2.45, 2.75) is 43.6 Å². The van der Waals surface area contributed by atoms with Crippen molar-refractivity contribution in [3.05, 3.63) is 29.8 Å². The molecule has 2 unspecified atom stereocenters. The van der Waals surface area contributed by atoms with Crippen LogP contribution in [0.5, 0.6) is 0 Å². The third kappa shape index (κ3) is 2.61. The molecule has 1 aliphatic heterocycles. The fourth-order valence-corrected chi connectivity index (χ4v) is 3.53. The zero-order chi connectivity index (χ0) is 11.5. The maximum atomic E-state index is 10.2. The van der Waals surface area contributed by atoms with Crippen LogP contribution in [-0.4, -0.2) is 17.0 Å². The van der Waals surface area contributed by atoms with Crippen LogP contribution in [0.4, 0.5) is 0 Å². The SMILES string of the molecule is CC(C)CCC(O)C1CSc2ccccc21. The first-order valence-corrected chi connectivity index (χ1v) is 7.07. The second-order valence-corrected chi connectivity index (χ2v) is 6.06. The van der Waals surface area contributed by atoms with Crippen molar-refractivity contribution in [3.8, 4) is 0 Å². The minimum Gasteiger partial charge on any atom is -0.392 e. The number of thioether (sulfide) groups is 1. The number of hydrogen-bond acceptors (Lipinski definition) is 2. The summed E-state index contributed by atoms with van der Waals surface area (Å²) in [6.45, 7) is 4.42. The van der Waals surface area contributed by atoms with E-state index < -0.39 is 0 Å². The molecule has 0 bridgehead atoms. The van der Waals surface area contributed by atoms with Gasteiger partial charge in [-0.15, -0.1) is 11.8 Å². The van der Waals surface area contributed by atoms with E-state index in [0.717, 1.165) is 18.6 Å². The molecule has 2 heteroatoms. The van der Waals surface area contributed by atoms with Crippen LogP contribution in [-0.2, 0) is 0 Å². The number of rotatable bonds is 4. The van der Waals surface area contributed by atoms with Crippen LogP contribution in [0.3, 0.4) is 0 Å². The molecule has 1 aromatic carbocycles. The Balaban J connectivity index is 2.01. The van der Waals surface area contributed by atoms with Gasteiger partial charge in [-0.2, -0.15) is 0 Å². The summed E-state index contributed by atoms with van der Waals surface area (Å²) in [7, 11) is 0. The average molecular weight is 236 g/mol. The van der Waals surface area contributed by atoms with Crippen molar-refractivity contribution in [2.75, 3.05) is 5.75 Å². The molecular weight excluding hydrogens is 216 g/mol. The van der Waals surface area contributed by atoms with Crippen LogP contribution in [0.25, 0.3) is 0 Å². The van der Waals surface area contributed by atoms with E-state index >= 15 is 0 Å². The van der Waals surface area contributed by atoms with Crippen LogP contribution in [0.15, 0.2) is 29.2 Å². The highest BCUT2D eigenvalue weighted by Crippen LogP contribution is 2.41. The predicted molar refractivity (Wildman–Crippen MR) is 70.0 cm³/mol. The number of benzene rings is 1. The molecule has 16 heavy (non-hydrogen) atoms. The number of hydrogen-bond donors (Lipinski definition) is 1. The Hall–Kier alpha value is -0.470. The molecule has 88 valence electrons. The molecular formula is C14H20OS. The van der Waals surface area contributed by atoms with Gasteiger partial charge >= 0.3 is 0 Å². The van der Waals surface area contributed by atoms with Gasteiger partial charge in [0.25, 0.3) is 0 Å². The van der Waals surface area contributed by atoms with E-state index in [2.05, 4.69) is 38.1 Å². The minimum atomic E-state index is -0.168. The first kappa shape index (κ1) is 12.0. The van der Waals surface area contributed by atoms with Crippen LogP contribution in [0.1, 0.15) is 38.2 Å². The highest BCUT2D eigenvalue weighted by atomic mass is 32.2. The van der Waals surface area contributed by atoms with Gasteiger partial charge in [-0.1, -0.05) is 32.0 Å². The van der Waals surface area contributed by atoms with Gasteiger partial charge in [0.05, 0.1) is 6.10 Å². The minimum absolute atomic E-state index is 0.168. The van der Waals surface area contributed by atoms with Gasteiger partial charge in [0, 0.05) is 16.6 Å². The standard InChI is InChI=1S/C14H20OS/c1-10(2)7-8-13(15)12-9-16-14-6-4-3-5-11(12)14/h3-6,10,12-13,15H,7-9H2,1-2H3. The summed E-state index contributed by atoms with van der Waals surface area (Å²) in [4.78, 5) is 1.36. The molecule has 0 saturated heterocycles. The highest BCUT2D eigenvalue weighted by Gasteiger charge is 2.28. The molecule has 1 aliphatic rings. The smallest absolute Gasteiger partial charge is 0.0617 e. The number of fused-ring (bicyclic) bond motifs is 1. The Morgan fingerprint density at radius 1 is 1.31 bits per heavy atom. The monoisotopic (exact) mass is 236 g/mol. The predicted octanol–water partition coefficient (Wildman–Crippen LogP) is 3.67. The summed E-state index contributed by atoms with van der Waals surface area (Å²) in [5, 5.41) is 10.2. The quantitative estimate of drug-likeness (QED) is 0.860. The summed E-state index contributed by atoms with van der Waals surface area (Å²) in [5.41, 5.74) is 1.35. The van der Waals surface area contributed by atoms with Crippen LogP contribution >= 0.6 is 11.8 Å². The lowest BCUT2D eigenvalue weighted by Gasteiger charge is -2.19. The molecule has 1 aromatic rings. The summed E-state index contributed by atoms with van der Waals surface area (Å²) >= 11 is 1.88. The summed E-state index contributed by atoms with van der Waals surface area (Å²) in [6, 6.07) is 8.48. The molecule has 1 heterocycles. The maximum Gasteiger partial charge on any atom is 0.0617 e. The molecule has 2 rings (SSSR count). The van der Waals surface area contributed by atoms with Crippen molar-refractivity contribution in [1.29, 1.82) is 0 Å². The summed E-state index contributed by atoms with van der Waals surface area (Å²) in [6.07, 6.45) is 1.88. The molecule has 0 aliphatic carbocycles. The van der Waals surface area contributed by atoms with Gasteiger partial charge in [0.15, 0.2) is 0 Å². The normalized spacial score (nSPS) is 21.1. The lowest BCUT2D eigenvalue weighted by Crippen LogP contribution is -2.18. The average Bonchev–Trinajstić information content (AvgIpc) is 2.69. The number of aliphatic hydroxyl groups is 1. The van der Waals surface area contributed by atoms with E-state index in [0.29, 0.717) is 11.8 Å². The van der Waals surface area contributed by atoms with Crippen molar-refractivity contribution < 1.29 is 5.11 Å². The lowest BCUT2D eigenvalue weighted by atomic mass is 9.91. The van der Waals surface area contributed by atoms with Gasteiger partial charge in [0.2, 0.25) is 0 Å². The van der Waals surface area contributed by atoms with E-state index in [1.165, 1.54) is 10.5 Å². The molecule has 1 N–H and O–H groups in total. The fourth-order valence-electron chi connectivity index (χ4n) is 2.21. The van der Waals surface area contributed by atoms with Gasteiger partial charge < -0.3 is 5.11 Å². The first-order chi connectivity index (χ1) is 7.68. The molecule has 0 aromatic heterocycles. The molecule has 0 spiro atoms. The molecule has 0 radical (unpaired) electrons. The Kier molecular flexibility index (Phi) is 3.93. The largest absolute Gasteiger partial charge is 0.392 e. The van der Waals surface area contributed by atoms with E-state index in [1.807, 2.05) is 11.8 Å². The van der Waals surface area contributed by atoms with Crippen molar-refractivity contribution >= 4 is 11.8 Å². The van der Waals surface area contributed by atoms with Crippen LogP contribution in [0, 0.1) is 5.92 Å². The van der Waals surface area contributed by atoms with Crippen molar-refractivity contribution in [1.82, 2.24) is 0 Å². The summed E-state index contributed by atoms with van der Waals surface area (Å²) < 4.78 is 0. The first-order valence-electron chi connectivity index (χ1n) is 6.08. The van der Waals surface area contributed by atoms with Gasteiger partial charge in [-0.25, -0.2) is 0 Å². The maximum absolute atomic E-state index is 10.2. The number of aliphatic hydroxyl groups excluding tert-OH is 1. The Morgan fingerprint density at radius 3 is 2.81 bits per heavy atom. The topological polar surface area (TPSA) is 20.2 Å². The third-order valence-corrected chi connectivity index (χ3v) is 4.45. The van der Waals surface area contributed by atoms with E-state index in [9.17, 15) is 5.11 Å².